The van der Waals surface area contributed by atoms with Crippen molar-refractivity contribution < 1.29 is 63.3 Å². The predicted octanol–water partition coefficient (Wildman–Crippen LogP) is -22.6. The number of hydrogen-bond donors (Lipinski definition) is 0. The Labute approximate surface area is 117 Å². The first-order valence-electron chi connectivity index (χ1n) is 0. The van der Waals surface area contributed by atoms with Crippen molar-refractivity contribution in [1.82, 2.24) is 0 Å². The third-order valence-electron chi connectivity index (χ3n) is 0. The molecule has 0 radical (unpaired) electrons. The van der Waals surface area contributed by atoms with Crippen LogP contribution in [0.15, 0.2) is 0 Å². The monoisotopic (exact) mass is 222 g/mol. The van der Waals surface area contributed by atoms with E-state index in [2.05, 4.69) is 0 Å². The van der Waals surface area contributed by atoms with Gasteiger partial charge >= 0.3 is 84.7 Å². The maximum absolute atomic E-state index is 0. The molecule has 2 N–H and O–H groups in total. The Morgan fingerprint density at radius 2 is 0.500 bits per heavy atom. The summed E-state index contributed by atoms with van der Waals surface area (Å²) < 4.78 is 0. The summed E-state index contributed by atoms with van der Waals surface area (Å²) >= 11 is 0. The molecule has 0 bridgehead atoms. The van der Waals surface area contributed by atoms with Gasteiger partial charge in [0.15, 0.2) is 0 Å². The van der Waals surface area contributed by atoms with Crippen molar-refractivity contribution in [3.8, 4) is 0 Å². The van der Waals surface area contributed by atoms with Crippen LogP contribution >= 0.6 is 0 Å². The van der Waals surface area contributed by atoms with Gasteiger partial charge < -0.3 is 33.7 Å². The molecule has 0 aromatic rings. The topological polar surface area (TPSA) is 31.5 Å². The predicted molar refractivity (Wildman–Crippen MR) is 15.1 cm³/mol. The van der Waals surface area contributed by atoms with Crippen molar-refractivity contribution in [1.29, 1.82) is 0 Å². The van der Waals surface area contributed by atoms with E-state index in [0.717, 1.165) is 0 Å². The molecule has 0 aliphatic rings. The minimum atomic E-state index is 0. The van der Waals surface area contributed by atoms with Crippen molar-refractivity contribution in [3.05, 3.63) is 0 Å². The standard InChI is InChI=1S/Al.Ca.6FH.Na.H2O/h;;6*1H;;1H2/q+3;+2;;;;;;;+1;/p-6. The van der Waals surface area contributed by atoms with E-state index in [4.69, 9.17) is 0 Å². The van der Waals surface area contributed by atoms with Gasteiger partial charge in [-0.3, -0.25) is 0 Å². The van der Waals surface area contributed by atoms with Gasteiger partial charge in [0.1, 0.15) is 0 Å². The zero-order chi connectivity index (χ0) is 0. The van der Waals surface area contributed by atoms with E-state index in [1.54, 1.807) is 0 Å². The molecule has 0 saturated carbocycles. The van der Waals surface area contributed by atoms with Crippen LogP contribution in [0, 0.1) is 0 Å². The van der Waals surface area contributed by atoms with Crippen LogP contribution in [0.5, 0.6) is 0 Å². The molecule has 0 aromatic heterocycles. The average Bonchev–Trinajstić information content (AvgIpc) is 0. The van der Waals surface area contributed by atoms with Crippen LogP contribution in [-0.4, -0.2) is 60.6 Å². The second kappa shape index (κ2) is 222. The first-order chi connectivity index (χ1) is 0. The summed E-state index contributed by atoms with van der Waals surface area (Å²) in [6, 6.07) is 0. The van der Waals surface area contributed by atoms with Crippen LogP contribution < -0.4 is 57.8 Å². The van der Waals surface area contributed by atoms with E-state index in [9.17, 15) is 0 Å². The molecule has 0 unspecified atom stereocenters. The van der Waals surface area contributed by atoms with E-state index >= 15 is 0 Å². The van der Waals surface area contributed by atoms with Gasteiger partial charge in [-0.1, -0.05) is 0 Å². The Hall–Kier alpha value is 2.33. The van der Waals surface area contributed by atoms with Crippen molar-refractivity contribution in [2.75, 3.05) is 0 Å². The zero-order valence-corrected chi connectivity index (χ0v) is 10.4. The second-order valence-electron chi connectivity index (χ2n) is 0. The molecule has 0 aliphatic carbocycles. The molecule has 0 saturated heterocycles. The normalized spacial score (nSPS) is 0. The molecule has 0 amide bonds. The SMILES string of the molecule is O.[Al+3].[Ca+2].[F-].[F-].[F-].[F-].[F-].[F-].[Na+]. The molecule has 0 spiro atoms. The summed E-state index contributed by atoms with van der Waals surface area (Å²) in [7, 11) is 0. The Morgan fingerprint density at radius 1 is 0.500 bits per heavy atom. The Bertz CT molecular complexity index is 17.7. The third-order valence-corrected chi connectivity index (χ3v) is 0. The van der Waals surface area contributed by atoms with Gasteiger partial charge in [0, 0.05) is 0 Å². The molecule has 0 heterocycles. The summed E-state index contributed by atoms with van der Waals surface area (Å²) in [4.78, 5) is 0. The van der Waals surface area contributed by atoms with Crippen LogP contribution in [0.3, 0.4) is 0 Å². The molecular weight excluding hydrogens is 220 g/mol. The van der Waals surface area contributed by atoms with Crippen LogP contribution in [0.4, 0.5) is 0 Å². The van der Waals surface area contributed by atoms with Crippen LogP contribution in [0.1, 0.15) is 0 Å². The molecular formula is H2AlCaF6NaO. The van der Waals surface area contributed by atoms with Crippen LogP contribution in [0.2, 0.25) is 0 Å². The molecule has 0 atom stereocenters. The Balaban J connectivity index is 0. The Kier molecular flexibility index (Phi) is 6480. The van der Waals surface area contributed by atoms with Crippen molar-refractivity contribution >= 4 is 55.1 Å². The molecule has 10 heteroatoms. The number of halogens is 6. The van der Waals surface area contributed by atoms with Crippen molar-refractivity contribution in [2.24, 2.45) is 0 Å². The van der Waals surface area contributed by atoms with Gasteiger partial charge in [-0.25, -0.2) is 0 Å². The van der Waals surface area contributed by atoms with Gasteiger partial charge in [0.25, 0.3) is 0 Å². The fourth-order valence-corrected chi connectivity index (χ4v) is 0. The molecule has 1 nitrogen and oxygen atoms in total. The van der Waals surface area contributed by atoms with Gasteiger partial charge in [-0.05, 0) is 0 Å². The van der Waals surface area contributed by atoms with Crippen LogP contribution in [-0.2, 0) is 0 Å². The second-order valence-corrected chi connectivity index (χ2v) is 0. The maximum atomic E-state index is 0. The molecule has 56 valence electrons. The first-order valence-corrected chi connectivity index (χ1v) is 0. The van der Waals surface area contributed by atoms with E-state index in [1.165, 1.54) is 0 Å². The minimum absolute atomic E-state index is 0. The molecule has 0 aliphatic heterocycles. The quantitative estimate of drug-likeness (QED) is 0.288. The first kappa shape index (κ1) is 291. The molecule has 0 rings (SSSR count). The molecule has 0 aromatic carbocycles. The van der Waals surface area contributed by atoms with Gasteiger partial charge in [0.05, 0.1) is 0 Å². The summed E-state index contributed by atoms with van der Waals surface area (Å²) in [6.07, 6.45) is 0. The number of rotatable bonds is 0. The van der Waals surface area contributed by atoms with E-state index < -0.39 is 0 Å². The minimum Gasteiger partial charge on any atom is -1.00 e. The van der Waals surface area contributed by atoms with Gasteiger partial charge in [-0.2, -0.15) is 0 Å². The van der Waals surface area contributed by atoms with Crippen LogP contribution in [0.25, 0.3) is 0 Å². The van der Waals surface area contributed by atoms with E-state index in [0.29, 0.717) is 0 Å². The molecule has 10 heavy (non-hydrogen) atoms. The average molecular weight is 222 g/mol. The van der Waals surface area contributed by atoms with Crippen molar-refractivity contribution in [2.45, 2.75) is 0 Å². The summed E-state index contributed by atoms with van der Waals surface area (Å²) in [5.74, 6) is 0. The van der Waals surface area contributed by atoms with E-state index in [1.807, 2.05) is 0 Å². The van der Waals surface area contributed by atoms with Crippen molar-refractivity contribution in [3.63, 3.8) is 0 Å². The molecule has 0 fully saturated rings. The summed E-state index contributed by atoms with van der Waals surface area (Å²) in [5, 5.41) is 0. The number of hydrogen-bond acceptors (Lipinski definition) is 0. The fraction of sp³-hybridized carbons (Fsp3) is 0. The smallest absolute Gasteiger partial charge is 1.00 e. The maximum Gasteiger partial charge on any atom is 3.00 e. The zero-order valence-electron chi connectivity index (χ0n) is 5.05. The summed E-state index contributed by atoms with van der Waals surface area (Å²) in [6.45, 7) is 0. The largest absolute Gasteiger partial charge is 3.00 e. The Morgan fingerprint density at radius 3 is 0.500 bits per heavy atom. The third kappa shape index (κ3) is 165. The van der Waals surface area contributed by atoms with E-state index in [-0.39, 0.29) is 118 Å². The van der Waals surface area contributed by atoms with Gasteiger partial charge in [-0.15, -0.1) is 0 Å². The summed E-state index contributed by atoms with van der Waals surface area (Å²) in [5.41, 5.74) is 0. The van der Waals surface area contributed by atoms with Gasteiger partial charge in [0.2, 0.25) is 0 Å². The fourth-order valence-electron chi connectivity index (χ4n) is 0.